The van der Waals surface area contributed by atoms with Crippen molar-refractivity contribution in [1.82, 2.24) is 10.2 Å². The Labute approximate surface area is 208 Å². The summed E-state index contributed by atoms with van der Waals surface area (Å²) >= 11 is 6.12. The number of aryl methyl sites for hydroxylation is 2. The Balaban J connectivity index is 2.37. The van der Waals surface area contributed by atoms with Gasteiger partial charge in [-0.05, 0) is 68.1 Å². The Morgan fingerprint density at radius 3 is 2.38 bits per heavy atom. The summed E-state index contributed by atoms with van der Waals surface area (Å²) in [7, 11) is -3.76. The van der Waals surface area contributed by atoms with Gasteiger partial charge in [-0.2, -0.15) is 0 Å². The molecule has 0 aliphatic rings. The lowest BCUT2D eigenvalue weighted by Gasteiger charge is -2.31. The van der Waals surface area contributed by atoms with Crippen LogP contribution in [-0.4, -0.2) is 50.5 Å². The number of nitrogens with one attached hydrogen (secondary N) is 1. The van der Waals surface area contributed by atoms with Crippen molar-refractivity contribution in [3.05, 3.63) is 64.2 Å². The van der Waals surface area contributed by atoms with Gasteiger partial charge >= 0.3 is 0 Å². The van der Waals surface area contributed by atoms with E-state index in [0.717, 1.165) is 40.1 Å². The van der Waals surface area contributed by atoms with Gasteiger partial charge in [0.1, 0.15) is 12.6 Å². The number of amides is 2. The van der Waals surface area contributed by atoms with Gasteiger partial charge in [0, 0.05) is 18.1 Å². The minimum atomic E-state index is -3.76. The third kappa shape index (κ3) is 7.74. The zero-order valence-electron chi connectivity index (χ0n) is 20.5. The molecule has 0 saturated carbocycles. The largest absolute Gasteiger partial charge is 0.354 e. The molecule has 9 heteroatoms. The molecule has 7 nitrogen and oxygen atoms in total. The molecule has 0 aliphatic carbocycles. The molecule has 2 amide bonds. The first kappa shape index (κ1) is 27.7. The first-order valence-electron chi connectivity index (χ1n) is 11.3. The van der Waals surface area contributed by atoms with Gasteiger partial charge in [0.2, 0.25) is 21.8 Å². The van der Waals surface area contributed by atoms with Crippen LogP contribution in [0.4, 0.5) is 5.69 Å². The predicted molar refractivity (Wildman–Crippen MR) is 137 cm³/mol. The van der Waals surface area contributed by atoms with Gasteiger partial charge in [-0.3, -0.25) is 13.9 Å². The minimum absolute atomic E-state index is 0.117. The molecule has 1 N–H and O–H groups in total. The average Bonchev–Trinajstić information content (AvgIpc) is 2.76. The molecule has 0 unspecified atom stereocenters. The summed E-state index contributed by atoms with van der Waals surface area (Å²) < 4.78 is 26.3. The third-order valence-electron chi connectivity index (χ3n) is 5.70. The van der Waals surface area contributed by atoms with E-state index in [1.165, 1.54) is 4.90 Å². The van der Waals surface area contributed by atoms with E-state index in [2.05, 4.69) is 5.32 Å². The second-order valence-electron chi connectivity index (χ2n) is 8.51. The van der Waals surface area contributed by atoms with Crippen molar-refractivity contribution in [2.24, 2.45) is 0 Å². The van der Waals surface area contributed by atoms with Crippen LogP contribution in [0.2, 0.25) is 5.02 Å². The molecule has 1 atom stereocenters. The second-order valence-corrected chi connectivity index (χ2v) is 10.9. The summed E-state index contributed by atoms with van der Waals surface area (Å²) in [6.07, 6.45) is 2.83. The van der Waals surface area contributed by atoms with Gasteiger partial charge in [-0.15, -0.1) is 0 Å². The lowest BCUT2D eigenvalue weighted by atomic mass is 10.1. The zero-order valence-corrected chi connectivity index (χ0v) is 22.0. The number of carbonyl (C=O) groups excluding carboxylic acids is 2. The molecule has 186 valence electrons. The minimum Gasteiger partial charge on any atom is -0.354 e. The van der Waals surface area contributed by atoms with Crippen LogP contribution >= 0.6 is 11.6 Å². The zero-order chi connectivity index (χ0) is 25.5. The number of benzene rings is 2. The summed E-state index contributed by atoms with van der Waals surface area (Å²) in [5.41, 5.74) is 3.08. The summed E-state index contributed by atoms with van der Waals surface area (Å²) in [6, 6.07) is 11.5. The summed E-state index contributed by atoms with van der Waals surface area (Å²) in [6.45, 7) is 7.69. The first-order chi connectivity index (χ1) is 15.9. The highest BCUT2D eigenvalue weighted by Gasteiger charge is 2.30. The van der Waals surface area contributed by atoms with Crippen molar-refractivity contribution < 1.29 is 18.0 Å². The number of unbranched alkanes of at least 4 members (excludes halogenated alkanes) is 1. The van der Waals surface area contributed by atoms with E-state index in [4.69, 9.17) is 11.6 Å². The van der Waals surface area contributed by atoms with Crippen LogP contribution in [0.1, 0.15) is 43.4 Å². The first-order valence-corrected chi connectivity index (χ1v) is 13.5. The van der Waals surface area contributed by atoms with Crippen LogP contribution in [0.25, 0.3) is 0 Å². The van der Waals surface area contributed by atoms with E-state index >= 15 is 0 Å². The number of carbonyl (C=O) groups is 2. The highest BCUT2D eigenvalue weighted by atomic mass is 35.5. The fourth-order valence-electron chi connectivity index (χ4n) is 3.45. The van der Waals surface area contributed by atoms with Crippen LogP contribution in [-0.2, 0) is 26.2 Å². The fraction of sp³-hybridized carbons (Fsp3) is 0.440. The van der Waals surface area contributed by atoms with E-state index < -0.39 is 28.5 Å². The predicted octanol–water partition coefficient (Wildman–Crippen LogP) is 4.06. The maximum atomic E-state index is 13.5. The number of halogens is 1. The quantitative estimate of drug-likeness (QED) is 0.465. The Morgan fingerprint density at radius 1 is 1.09 bits per heavy atom. The highest BCUT2D eigenvalue weighted by Crippen LogP contribution is 2.22. The molecule has 0 radical (unpaired) electrons. The maximum absolute atomic E-state index is 13.5. The summed E-state index contributed by atoms with van der Waals surface area (Å²) in [5, 5.41) is 3.37. The standard InChI is InChI=1S/C25H34ClN3O4S/c1-6-7-13-27-25(31)20(4)28(16-21-9-8-10-22(26)15-21)24(30)17-29(34(5,32)33)23-12-11-18(2)19(3)14-23/h8-12,14-15,20H,6-7,13,16-17H2,1-5H3,(H,27,31)/t20-/m1/s1. The van der Waals surface area contributed by atoms with Gasteiger partial charge in [-0.25, -0.2) is 8.42 Å². The Kier molecular flexibility index (Phi) is 9.94. The number of anilines is 1. The number of rotatable bonds is 11. The lowest BCUT2D eigenvalue weighted by Crippen LogP contribution is -2.51. The van der Waals surface area contributed by atoms with Crippen molar-refractivity contribution in [3.8, 4) is 0 Å². The Hall–Kier alpha value is -2.58. The van der Waals surface area contributed by atoms with Crippen LogP contribution in [0.15, 0.2) is 42.5 Å². The van der Waals surface area contributed by atoms with Crippen molar-refractivity contribution in [1.29, 1.82) is 0 Å². The van der Waals surface area contributed by atoms with Crippen LogP contribution in [0.5, 0.6) is 0 Å². The molecule has 0 aromatic heterocycles. The highest BCUT2D eigenvalue weighted by molar-refractivity contribution is 7.92. The molecular weight excluding hydrogens is 474 g/mol. The third-order valence-corrected chi connectivity index (χ3v) is 7.07. The molecule has 0 aliphatic heterocycles. The molecule has 34 heavy (non-hydrogen) atoms. The molecule has 0 spiro atoms. The number of hydrogen-bond donors (Lipinski definition) is 1. The molecule has 2 aromatic rings. The average molecular weight is 508 g/mol. The van der Waals surface area contributed by atoms with Crippen molar-refractivity contribution in [2.45, 2.75) is 53.1 Å². The molecular formula is C25H34ClN3O4S. The Bertz CT molecular complexity index is 1120. The molecule has 0 saturated heterocycles. The second kappa shape index (κ2) is 12.2. The van der Waals surface area contributed by atoms with Crippen LogP contribution in [0.3, 0.4) is 0 Å². The molecule has 0 fully saturated rings. The van der Waals surface area contributed by atoms with E-state index in [0.29, 0.717) is 17.3 Å². The van der Waals surface area contributed by atoms with Gasteiger partial charge in [0.05, 0.1) is 11.9 Å². The number of hydrogen-bond acceptors (Lipinski definition) is 4. The molecule has 0 heterocycles. The van der Waals surface area contributed by atoms with E-state index in [9.17, 15) is 18.0 Å². The topological polar surface area (TPSA) is 86.8 Å². The van der Waals surface area contributed by atoms with Gasteiger partial charge in [0.25, 0.3) is 0 Å². The molecule has 2 rings (SSSR count). The smallest absolute Gasteiger partial charge is 0.244 e. The number of sulfonamides is 1. The molecule has 2 aromatic carbocycles. The van der Waals surface area contributed by atoms with E-state index in [1.54, 1.807) is 37.3 Å². The van der Waals surface area contributed by atoms with Gasteiger partial charge < -0.3 is 10.2 Å². The summed E-state index contributed by atoms with van der Waals surface area (Å²) in [5.74, 6) is -0.775. The Morgan fingerprint density at radius 2 is 1.79 bits per heavy atom. The molecule has 0 bridgehead atoms. The van der Waals surface area contributed by atoms with Crippen LogP contribution in [0, 0.1) is 13.8 Å². The van der Waals surface area contributed by atoms with Crippen molar-refractivity contribution in [2.75, 3.05) is 23.7 Å². The number of nitrogens with zero attached hydrogens (tertiary/aromatic N) is 2. The van der Waals surface area contributed by atoms with E-state index in [-0.39, 0.29) is 12.5 Å². The lowest BCUT2D eigenvalue weighted by molar-refractivity contribution is -0.139. The normalized spacial score (nSPS) is 12.2. The van der Waals surface area contributed by atoms with Gasteiger partial charge in [-0.1, -0.05) is 43.1 Å². The van der Waals surface area contributed by atoms with E-state index in [1.807, 2.05) is 32.9 Å². The fourth-order valence-corrected chi connectivity index (χ4v) is 4.50. The SMILES string of the molecule is CCCCNC(=O)[C@@H](C)N(Cc1cccc(Cl)c1)C(=O)CN(c1ccc(C)c(C)c1)S(C)(=O)=O. The maximum Gasteiger partial charge on any atom is 0.244 e. The van der Waals surface area contributed by atoms with Crippen LogP contribution < -0.4 is 9.62 Å². The van der Waals surface area contributed by atoms with Crippen molar-refractivity contribution >= 4 is 39.1 Å². The monoisotopic (exact) mass is 507 g/mol. The summed E-state index contributed by atoms with van der Waals surface area (Å²) in [4.78, 5) is 27.7. The van der Waals surface area contributed by atoms with Gasteiger partial charge in [0.15, 0.2) is 0 Å². The van der Waals surface area contributed by atoms with Crippen molar-refractivity contribution in [3.63, 3.8) is 0 Å².